The highest BCUT2D eigenvalue weighted by Crippen LogP contribution is 2.25. The molecule has 0 aliphatic carbocycles. The molecule has 0 unspecified atom stereocenters. The number of benzene rings is 2. The number of carbonyl (C=O) groups is 1. The van der Waals surface area contributed by atoms with E-state index < -0.39 is 0 Å². The predicted molar refractivity (Wildman–Crippen MR) is 91.2 cm³/mol. The van der Waals surface area contributed by atoms with Gasteiger partial charge in [-0.05, 0) is 25.5 Å². The normalized spacial score (nSPS) is 10.5. The highest BCUT2D eigenvalue weighted by molar-refractivity contribution is 5.96. The smallest absolute Gasteiger partial charge is 0.255 e. The third-order valence-corrected chi connectivity index (χ3v) is 3.79. The molecule has 0 saturated carbocycles. The lowest BCUT2D eigenvalue weighted by atomic mass is 10.1. The minimum Gasteiger partial charge on any atom is -0.461 e. The Labute approximate surface area is 136 Å². The molecule has 2 aromatic carbocycles. The molecule has 3 aromatic rings. The molecule has 0 aliphatic heterocycles. The van der Waals surface area contributed by atoms with Crippen molar-refractivity contribution in [2.75, 3.05) is 0 Å². The van der Waals surface area contributed by atoms with E-state index in [1.54, 1.807) is 6.07 Å². The number of nitrogens with one attached hydrogen (secondary N) is 1. The first kappa shape index (κ1) is 15.1. The monoisotopic (exact) mass is 305 g/mol. The summed E-state index contributed by atoms with van der Waals surface area (Å²) in [6, 6.07) is 19.7. The summed E-state index contributed by atoms with van der Waals surface area (Å²) >= 11 is 0. The van der Waals surface area contributed by atoms with Crippen molar-refractivity contribution in [1.29, 1.82) is 0 Å². The van der Waals surface area contributed by atoms with Crippen LogP contribution in [0.15, 0.2) is 65.1 Å². The van der Waals surface area contributed by atoms with Gasteiger partial charge in [0, 0.05) is 12.1 Å². The van der Waals surface area contributed by atoms with Crippen LogP contribution in [0.2, 0.25) is 0 Å². The summed E-state index contributed by atoms with van der Waals surface area (Å²) in [4.78, 5) is 12.4. The molecule has 3 nitrogen and oxygen atoms in total. The zero-order chi connectivity index (χ0) is 16.2. The lowest BCUT2D eigenvalue weighted by molar-refractivity contribution is 0.0949. The number of aryl methyl sites for hydroxylation is 2. The van der Waals surface area contributed by atoms with Crippen molar-refractivity contribution in [2.24, 2.45) is 0 Å². The molecule has 23 heavy (non-hydrogen) atoms. The van der Waals surface area contributed by atoms with Crippen LogP contribution in [-0.2, 0) is 6.54 Å². The van der Waals surface area contributed by atoms with Crippen LogP contribution >= 0.6 is 0 Å². The van der Waals surface area contributed by atoms with E-state index in [1.165, 1.54) is 5.56 Å². The standard InChI is InChI=1S/C20H19NO2/c1-14-8-10-17(11-9-14)19-12-18(15(2)23-19)20(22)21-13-16-6-4-3-5-7-16/h3-12H,13H2,1-2H3,(H,21,22). The maximum absolute atomic E-state index is 12.4. The van der Waals surface area contributed by atoms with Crippen LogP contribution in [0.25, 0.3) is 11.3 Å². The van der Waals surface area contributed by atoms with E-state index in [4.69, 9.17) is 4.42 Å². The maximum Gasteiger partial charge on any atom is 0.255 e. The molecule has 0 saturated heterocycles. The number of carbonyl (C=O) groups excluding carboxylic acids is 1. The lowest BCUT2D eigenvalue weighted by Gasteiger charge is -2.03. The number of hydrogen-bond acceptors (Lipinski definition) is 2. The molecular formula is C20H19NO2. The minimum atomic E-state index is -0.117. The van der Waals surface area contributed by atoms with Crippen LogP contribution in [0.4, 0.5) is 0 Å². The topological polar surface area (TPSA) is 42.2 Å². The van der Waals surface area contributed by atoms with Gasteiger partial charge in [-0.2, -0.15) is 0 Å². The van der Waals surface area contributed by atoms with Gasteiger partial charge in [-0.15, -0.1) is 0 Å². The Balaban J connectivity index is 1.75. The molecule has 3 heteroatoms. The summed E-state index contributed by atoms with van der Waals surface area (Å²) in [5.41, 5.74) is 3.82. The average Bonchev–Trinajstić information content (AvgIpc) is 2.96. The quantitative estimate of drug-likeness (QED) is 0.771. The van der Waals surface area contributed by atoms with Gasteiger partial charge in [0.1, 0.15) is 11.5 Å². The second-order valence-electron chi connectivity index (χ2n) is 5.61. The second-order valence-corrected chi connectivity index (χ2v) is 5.61. The van der Waals surface area contributed by atoms with E-state index in [-0.39, 0.29) is 5.91 Å². The average molecular weight is 305 g/mol. The Bertz CT molecular complexity index is 801. The number of rotatable bonds is 4. The van der Waals surface area contributed by atoms with Gasteiger partial charge >= 0.3 is 0 Å². The van der Waals surface area contributed by atoms with Crippen molar-refractivity contribution in [1.82, 2.24) is 5.32 Å². The molecule has 0 atom stereocenters. The molecule has 1 heterocycles. The van der Waals surface area contributed by atoms with E-state index in [9.17, 15) is 4.79 Å². The van der Waals surface area contributed by atoms with Crippen LogP contribution in [0.1, 0.15) is 27.2 Å². The number of furan rings is 1. The van der Waals surface area contributed by atoms with Gasteiger partial charge < -0.3 is 9.73 Å². The van der Waals surface area contributed by atoms with Gasteiger partial charge in [-0.1, -0.05) is 60.2 Å². The maximum atomic E-state index is 12.4. The molecule has 116 valence electrons. The SMILES string of the molecule is Cc1ccc(-c2cc(C(=O)NCc3ccccc3)c(C)o2)cc1. The fourth-order valence-electron chi connectivity index (χ4n) is 2.44. The zero-order valence-electron chi connectivity index (χ0n) is 13.3. The van der Waals surface area contributed by atoms with E-state index in [0.717, 1.165) is 11.1 Å². The first-order chi connectivity index (χ1) is 11.1. The van der Waals surface area contributed by atoms with Gasteiger partial charge in [0.2, 0.25) is 0 Å². The molecule has 1 amide bonds. The van der Waals surface area contributed by atoms with Crippen LogP contribution in [0.5, 0.6) is 0 Å². The molecule has 1 aromatic heterocycles. The van der Waals surface area contributed by atoms with Crippen molar-refractivity contribution in [3.8, 4) is 11.3 Å². The Kier molecular flexibility index (Phi) is 4.29. The molecule has 0 radical (unpaired) electrons. The van der Waals surface area contributed by atoms with Crippen LogP contribution in [0, 0.1) is 13.8 Å². The van der Waals surface area contributed by atoms with E-state index in [1.807, 2.05) is 68.4 Å². The van der Waals surface area contributed by atoms with E-state index in [0.29, 0.717) is 23.6 Å². The van der Waals surface area contributed by atoms with Gasteiger partial charge in [0.15, 0.2) is 0 Å². The summed E-state index contributed by atoms with van der Waals surface area (Å²) in [7, 11) is 0. The van der Waals surface area contributed by atoms with Crippen molar-refractivity contribution in [3.63, 3.8) is 0 Å². The van der Waals surface area contributed by atoms with Gasteiger partial charge in [0.05, 0.1) is 5.56 Å². The van der Waals surface area contributed by atoms with Crippen molar-refractivity contribution in [3.05, 3.63) is 83.1 Å². The number of amides is 1. The molecule has 0 aliphatic rings. The molecule has 0 bridgehead atoms. The highest BCUT2D eigenvalue weighted by Gasteiger charge is 2.15. The molecule has 1 N–H and O–H groups in total. The Morgan fingerprint density at radius 1 is 1.00 bits per heavy atom. The molecule has 0 spiro atoms. The zero-order valence-corrected chi connectivity index (χ0v) is 13.3. The predicted octanol–water partition coefficient (Wildman–Crippen LogP) is 4.49. The van der Waals surface area contributed by atoms with Crippen molar-refractivity contribution in [2.45, 2.75) is 20.4 Å². The first-order valence-corrected chi connectivity index (χ1v) is 7.63. The summed E-state index contributed by atoms with van der Waals surface area (Å²) in [6.45, 7) is 4.36. The third kappa shape index (κ3) is 3.51. The fraction of sp³-hybridized carbons (Fsp3) is 0.150. The van der Waals surface area contributed by atoms with Gasteiger partial charge in [-0.25, -0.2) is 0 Å². The molecule has 3 rings (SSSR count). The minimum absolute atomic E-state index is 0.117. The largest absolute Gasteiger partial charge is 0.461 e. The number of hydrogen-bond donors (Lipinski definition) is 1. The Hall–Kier alpha value is -2.81. The third-order valence-electron chi connectivity index (χ3n) is 3.79. The highest BCUT2D eigenvalue weighted by atomic mass is 16.3. The Morgan fingerprint density at radius 3 is 2.39 bits per heavy atom. The van der Waals surface area contributed by atoms with Crippen LogP contribution in [0.3, 0.4) is 0 Å². The summed E-state index contributed by atoms with van der Waals surface area (Å²) < 4.78 is 5.75. The second kappa shape index (κ2) is 6.53. The van der Waals surface area contributed by atoms with Crippen molar-refractivity contribution < 1.29 is 9.21 Å². The van der Waals surface area contributed by atoms with Crippen molar-refractivity contribution >= 4 is 5.91 Å². The Morgan fingerprint density at radius 2 is 1.70 bits per heavy atom. The fourth-order valence-corrected chi connectivity index (χ4v) is 2.44. The lowest BCUT2D eigenvalue weighted by Crippen LogP contribution is -2.22. The van der Waals surface area contributed by atoms with Gasteiger partial charge in [0.25, 0.3) is 5.91 Å². The summed E-state index contributed by atoms with van der Waals surface area (Å²) in [6.07, 6.45) is 0. The van der Waals surface area contributed by atoms with Crippen LogP contribution in [-0.4, -0.2) is 5.91 Å². The molecular weight excluding hydrogens is 286 g/mol. The van der Waals surface area contributed by atoms with Crippen LogP contribution < -0.4 is 5.32 Å². The molecule has 0 fully saturated rings. The van der Waals surface area contributed by atoms with Gasteiger partial charge in [-0.3, -0.25) is 4.79 Å². The van der Waals surface area contributed by atoms with E-state index in [2.05, 4.69) is 5.32 Å². The summed E-state index contributed by atoms with van der Waals surface area (Å²) in [5.74, 6) is 1.23. The first-order valence-electron chi connectivity index (χ1n) is 7.63. The van der Waals surface area contributed by atoms with E-state index >= 15 is 0 Å². The summed E-state index contributed by atoms with van der Waals surface area (Å²) in [5, 5.41) is 2.93.